The van der Waals surface area contributed by atoms with Crippen LogP contribution in [0.2, 0.25) is 0 Å². The molecule has 2 aliphatic heterocycles. The standard InChI is InChI=1S/C12H18N4OS/c1-8-13-5-9-6-16-7-18-10(3-4-17)12(16,2)15-11(9)14-8/h5,10,17H,3-4,6-7H2,1-2H3,(H,13,14,15)/t10-,12-/m1/s1. The normalized spacial score (nSPS) is 30.7. The first-order chi connectivity index (χ1) is 8.63. The SMILES string of the molecule is Cc1ncc2c(n1)N[C@@]1(C)[C@@H](CCO)SCN1C2. The van der Waals surface area contributed by atoms with Crippen molar-refractivity contribution in [1.29, 1.82) is 0 Å². The summed E-state index contributed by atoms with van der Waals surface area (Å²) in [6.07, 6.45) is 2.72. The molecule has 5 nitrogen and oxygen atoms in total. The van der Waals surface area contributed by atoms with Gasteiger partial charge in [-0.15, -0.1) is 11.8 Å². The topological polar surface area (TPSA) is 61.3 Å². The maximum atomic E-state index is 9.19. The molecular formula is C12H18N4OS. The molecule has 6 heteroatoms. The molecule has 3 heterocycles. The highest BCUT2D eigenvalue weighted by atomic mass is 32.2. The van der Waals surface area contributed by atoms with Crippen molar-refractivity contribution in [3.8, 4) is 0 Å². The van der Waals surface area contributed by atoms with Crippen LogP contribution in [0.3, 0.4) is 0 Å². The van der Waals surface area contributed by atoms with E-state index in [-0.39, 0.29) is 12.3 Å². The number of rotatable bonds is 2. The van der Waals surface area contributed by atoms with Crippen molar-refractivity contribution in [2.24, 2.45) is 0 Å². The van der Waals surface area contributed by atoms with Crippen LogP contribution in [-0.2, 0) is 6.54 Å². The fourth-order valence-electron chi connectivity index (χ4n) is 2.70. The molecule has 1 aromatic rings. The largest absolute Gasteiger partial charge is 0.396 e. The zero-order valence-electron chi connectivity index (χ0n) is 10.7. The number of thioether (sulfide) groups is 1. The summed E-state index contributed by atoms with van der Waals surface area (Å²) < 4.78 is 0. The van der Waals surface area contributed by atoms with Gasteiger partial charge in [0.1, 0.15) is 17.3 Å². The summed E-state index contributed by atoms with van der Waals surface area (Å²) in [5.41, 5.74) is 1.05. The number of aryl methyl sites for hydroxylation is 1. The first-order valence-corrected chi connectivity index (χ1v) is 7.26. The Morgan fingerprint density at radius 1 is 1.67 bits per heavy atom. The molecule has 0 aliphatic carbocycles. The summed E-state index contributed by atoms with van der Waals surface area (Å²) in [5, 5.41) is 13.1. The highest BCUT2D eigenvalue weighted by molar-refractivity contribution is 8.00. The molecule has 0 bridgehead atoms. The molecule has 2 aliphatic rings. The van der Waals surface area contributed by atoms with Gasteiger partial charge in [0.2, 0.25) is 0 Å². The lowest BCUT2D eigenvalue weighted by Gasteiger charge is -2.43. The molecule has 3 rings (SSSR count). The van der Waals surface area contributed by atoms with Crippen LogP contribution in [-0.4, -0.2) is 43.4 Å². The smallest absolute Gasteiger partial charge is 0.135 e. The average Bonchev–Trinajstić information content (AvgIpc) is 2.64. The molecule has 0 spiro atoms. The van der Waals surface area contributed by atoms with Gasteiger partial charge in [0, 0.05) is 36.0 Å². The van der Waals surface area contributed by atoms with Gasteiger partial charge in [-0.2, -0.15) is 0 Å². The van der Waals surface area contributed by atoms with Crippen molar-refractivity contribution >= 4 is 17.6 Å². The third-order valence-electron chi connectivity index (χ3n) is 3.82. The molecule has 0 saturated carbocycles. The molecule has 0 amide bonds. The lowest BCUT2D eigenvalue weighted by Crippen LogP contribution is -2.56. The number of aliphatic hydroxyl groups excluding tert-OH is 1. The Hall–Kier alpha value is -0.850. The predicted molar refractivity (Wildman–Crippen MR) is 72.3 cm³/mol. The minimum Gasteiger partial charge on any atom is -0.396 e. The van der Waals surface area contributed by atoms with Crippen LogP contribution in [0.5, 0.6) is 0 Å². The summed E-state index contributed by atoms with van der Waals surface area (Å²) in [6.45, 7) is 5.23. The van der Waals surface area contributed by atoms with E-state index in [0.29, 0.717) is 5.25 Å². The van der Waals surface area contributed by atoms with Crippen LogP contribution in [0.25, 0.3) is 0 Å². The minimum atomic E-state index is -0.110. The van der Waals surface area contributed by atoms with Crippen LogP contribution in [0.1, 0.15) is 24.7 Å². The molecule has 98 valence electrons. The van der Waals surface area contributed by atoms with E-state index >= 15 is 0 Å². The molecule has 0 radical (unpaired) electrons. The van der Waals surface area contributed by atoms with Gasteiger partial charge in [-0.3, -0.25) is 4.90 Å². The van der Waals surface area contributed by atoms with Gasteiger partial charge in [-0.1, -0.05) is 0 Å². The van der Waals surface area contributed by atoms with Crippen LogP contribution >= 0.6 is 11.8 Å². The van der Waals surface area contributed by atoms with Crippen LogP contribution in [0.4, 0.5) is 5.82 Å². The van der Waals surface area contributed by atoms with E-state index < -0.39 is 0 Å². The lowest BCUT2D eigenvalue weighted by atomic mass is 10.00. The van der Waals surface area contributed by atoms with E-state index in [9.17, 15) is 5.11 Å². The Kier molecular flexibility index (Phi) is 2.96. The van der Waals surface area contributed by atoms with Gasteiger partial charge in [-0.25, -0.2) is 9.97 Å². The molecule has 0 unspecified atom stereocenters. The molecule has 2 N–H and O–H groups in total. The van der Waals surface area contributed by atoms with Gasteiger partial charge in [-0.05, 0) is 20.3 Å². The molecule has 2 atom stereocenters. The fourth-order valence-corrected chi connectivity index (χ4v) is 4.22. The van der Waals surface area contributed by atoms with Crippen molar-refractivity contribution in [1.82, 2.24) is 14.9 Å². The number of hydrogen-bond donors (Lipinski definition) is 2. The Balaban J connectivity index is 1.93. The Labute approximate surface area is 111 Å². The zero-order valence-corrected chi connectivity index (χ0v) is 11.5. The van der Waals surface area contributed by atoms with Gasteiger partial charge >= 0.3 is 0 Å². The second-order valence-corrected chi connectivity index (χ2v) is 6.22. The van der Waals surface area contributed by atoms with Crippen LogP contribution < -0.4 is 5.32 Å². The van der Waals surface area contributed by atoms with Crippen molar-refractivity contribution in [2.75, 3.05) is 17.8 Å². The van der Waals surface area contributed by atoms with E-state index in [0.717, 1.165) is 36.0 Å². The first kappa shape index (κ1) is 12.2. The van der Waals surface area contributed by atoms with Crippen LogP contribution in [0.15, 0.2) is 6.20 Å². The Morgan fingerprint density at radius 2 is 2.50 bits per heavy atom. The number of hydrogen-bond acceptors (Lipinski definition) is 6. The van der Waals surface area contributed by atoms with E-state index in [1.54, 1.807) is 0 Å². The van der Waals surface area contributed by atoms with Gasteiger partial charge < -0.3 is 10.4 Å². The Morgan fingerprint density at radius 3 is 3.28 bits per heavy atom. The van der Waals surface area contributed by atoms with E-state index in [1.807, 2.05) is 24.9 Å². The van der Waals surface area contributed by atoms with E-state index in [4.69, 9.17) is 0 Å². The van der Waals surface area contributed by atoms with Crippen molar-refractivity contribution in [3.63, 3.8) is 0 Å². The number of anilines is 1. The average molecular weight is 266 g/mol. The summed E-state index contributed by atoms with van der Waals surface area (Å²) in [4.78, 5) is 11.2. The molecule has 18 heavy (non-hydrogen) atoms. The molecular weight excluding hydrogens is 248 g/mol. The molecule has 1 saturated heterocycles. The number of fused-ring (bicyclic) bond motifs is 2. The molecule has 0 aromatic carbocycles. The van der Waals surface area contributed by atoms with Crippen LogP contribution in [0, 0.1) is 6.92 Å². The summed E-state index contributed by atoms with van der Waals surface area (Å²) in [7, 11) is 0. The quantitative estimate of drug-likeness (QED) is 0.838. The maximum absolute atomic E-state index is 9.19. The lowest BCUT2D eigenvalue weighted by molar-refractivity contribution is 0.140. The predicted octanol–water partition coefficient (Wildman–Crippen LogP) is 1.18. The van der Waals surface area contributed by atoms with E-state index in [2.05, 4.69) is 27.1 Å². The second kappa shape index (κ2) is 4.36. The number of aliphatic hydroxyl groups is 1. The second-order valence-electron chi connectivity index (χ2n) is 5.06. The number of nitrogens with zero attached hydrogens (tertiary/aromatic N) is 3. The van der Waals surface area contributed by atoms with Gasteiger partial charge in [0.25, 0.3) is 0 Å². The van der Waals surface area contributed by atoms with E-state index in [1.165, 1.54) is 0 Å². The monoisotopic (exact) mass is 266 g/mol. The molecule has 1 aromatic heterocycles. The Bertz CT molecular complexity index is 469. The maximum Gasteiger partial charge on any atom is 0.135 e. The highest BCUT2D eigenvalue weighted by Crippen LogP contribution is 2.44. The third-order valence-corrected chi connectivity index (χ3v) is 5.38. The third kappa shape index (κ3) is 1.79. The zero-order chi connectivity index (χ0) is 12.8. The first-order valence-electron chi connectivity index (χ1n) is 6.21. The number of aromatic nitrogens is 2. The summed E-state index contributed by atoms with van der Waals surface area (Å²) in [5.74, 6) is 2.73. The highest BCUT2D eigenvalue weighted by Gasteiger charge is 2.48. The van der Waals surface area contributed by atoms with Crippen molar-refractivity contribution in [2.45, 2.75) is 37.7 Å². The van der Waals surface area contributed by atoms with Crippen molar-refractivity contribution < 1.29 is 5.11 Å². The molecule has 1 fully saturated rings. The fraction of sp³-hybridized carbons (Fsp3) is 0.667. The minimum absolute atomic E-state index is 0.110. The van der Waals surface area contributed by atoms with Gasteiger partial charge in [0.15, 0.2) is 0 Å². The summed E-state index contributed by atoms with van der Waals surface area (Å²) >= 11 is 1.90. The van der Waals surface area contributed by atoms with Crippen molar-refractivity contribution in [3.05, 3.63) is 17.6 Å². The van der Waals surface area contributed by atoms with Gasteiger partial charge in [0.05, 0.1) is 0 Å². The number of nitrogens with one attached hydrogen (secondary N) is 1. The summed E-state index contributed by atoms with van der Waals surface area (Å²) in [6, 6.07) is 0.